The molecule has 0 radical (unpaired) electrons. The molecule has 7 saturated carbocycles. The zero-order chi connectivity index (χ0) is 20.0. The van der Waals surface area contributed by atoms with Crippen LogP contribution < -0.4 is 0 Å². The Labute approximate surface area is 182 Å². The van der Waals surface area contributed by atoms with Gasteiger partial charge in [0.15, 0.2) is 0 Å². The Kier molecular flexibility index (Phi) is 4.35. The predicted molar refractivity (Wildman–Crippen MR) is 117 cm³/mol. The van der Waals surface area contributed by atoms with Crippen LogP contribution in [-0.4, -0.2) is 11.6 Å². The van der Waals surface area contributed by atoms with E-state index < -0.39 is 0 Å². The highest BCUT2D eigenvalue weighted by atomic mass is 16.1. The molecule has 0 bridgehead atoms. The van der Waals surface area contributed by atoms with Crippen LogP contribution in [0.1, 0.15) is 89.9 Å². The number of carbonyl (C=O) groups excluding carboxylic acids is 2. The van der Waals surface area contributed by atoms with Crippen molar-refractivity contribution in [3.63, 3.8) is 0 Å². The van der Waals surface area contributed by atoms with Gasteiger partial charge < -0.3 is 0 Å². The monoisotopic (exact) mass is 408 g/mol. The molecule has 0 N–H and O–H groups in total. The molecule has 0 spiro atoms. The Bertz CT molecular complexity index is 741. The van der Waals surface area contributed by atoms with Gasteiger partial charge in [-0.25, -0.2) is 0 Å². The van der Waals surface area contributed by atoms with E-state index >= 15 is 0 Å². The molecule has 12 atom stereocenters. The van der Waals surface area contributed by atoms with Crippen molar-refractivity contribution in [3.05, 3.63) is 0 Å². The lowest BCUT2D eigenvalue weighted by Crippen LogP contribution is -2.54. The van der Waals surface area contributed by atoms with E-state index in [1.807, 2.05) is 0 Å². The Morgan fingerprint density at radius 3 is 1.70 bits per heavy atom. The highest BCUT2D eigenvalue weighted by Crippen LogP contribution is 2.69. The van der Waals surface area contributed by atoms with E-state index in [2.05, 4.69) is 0 Å². The lowest BCUT2D eigenvalue weighted by atomic mass is 9.46. The molecule has 0 aliphatic heterocycles. The van der Waals surface area contributed by atoms with Gasteiger partial charge in [-0.15, -0.1) is 0 Å². The molecular weight excluding hydrogens is 368 g/mol. The van der Waals surface area contributed by atoms with Crippen molar-refractivity contribution < 1.29 is 9.59 Å². The minimum atomic E-state index is 0.373. The third-order valence-electron chi connectivity index (χ3n) is 12.0. The zero-order valence-electron chi connectivity index (χ0n) is 18.6. The predicted octanol–water partition coefficient (Wildman–Crippen LogP) is 6.08. The normalized spacial score (nSPS) is 56.9. The Balaban J connectivity index is 1.34. The Morgan fingerprint density at radius 2 is 0.967 bits per heavy atom. The minimum Gasteiger partial charge on any atom is -0.299 e. The summed E-state index contributed by atoms with van der Waals surface area (Å²) >= 11 is 0. The van der Waals surface area contributed by atoms with Crippen LogP contribution >= 0.6 is 0 Å². The second kappa shape index (κ2) is 6.92. The van der Waals surface area contributed by atoms with Crippen LogP contribution in [0.25, 0.3) is 0 Å². The second-order valence-electron chi connectivity index (χ2n) is 12.6. The van der Waals surface area contributed by atoms with Crippen LogP contribution in [0.15, 0.2) is 0 Å². The number of ketones is 2. The summed E-state index contributed by atoms with van der Waals surface area (Å²) in [4.78, 5) is 27.4. The standard InChI is InChI=1S/C28H40O2/c29-27-20-11-5-3-9-17(20)23-22(27)14-13-19-15-7-1-2-8-16(15)26-25(24(19)23)18-10-4-6-12-21(18)28(26)30/h15-26H,1-14H2. The SMILES string of the molecule is O=C1C2CCCCC2C2C1CCC1C3CCCCC3C3C(=O)C4CCCCC4C3C12. The average molecular weight is 409 g/mol. The molecule has 0 heterocycles. The number of carbonyl (C=O) groups is 2. The number of fused-ring (bicyclic) bond motifs is 12. The topological polar surface area (TPSA) is 34.1 Å². The first-order valence-corrected chi connectivity index (χ1v) is 13.8. The molecular formula is C28H40O2. The van der Waals surface area contributed by atoms with E-state index in [1.54, 1.807) is 0 Å². The molecule has 7 aliphatic rings. The second-order valence-corrected chi connectivity index (χ2v) is 12.6. The van der Waals surface area contributed by atoms with Crippen molar-refractivity contribution in [1.82, 2.24) is 0 Å². The van der Waals surface area contributed by atoms with E-state index in [4.69, 9.17) is 0 Å². The summed E-state index contributed by atoms with van der Waals surface area (Å²) in [6.07, 6.45) is 18.2. The molecule has 0 amide bonds. The fourth-order valence-corrected chi connectivity index (χ4v) is 11.4. The molecule has 12 unspecified atom stereocenters. The van der Waals surface area contributed by atoms with E-state index in [0.717, 1.165) is 17.8 Å². The number of hydrogen-bond acceptors (Lipinski definition) is 2. The highest BCUT2D eigenvalue weighted by Gasteiger charge is 2.67. The van der Waals surface area contributed by atoms with Crippen molar-refractivity contribution in [1.29, 1.82) is 0 Å². The number of hydrogen-bond donors (Lipinski definition) is 0. The van der Waals surface area contributed by atoms with Crippen molar-refractivity contribution >= 4 is 11.6 Å². The fraction of sp³-hybridized carbons (Fsp3) is 0.929. The third-order valence-corrected chi connectivity index (χ3v) is 12.0. The van der Waals surface area contributed by atoms with Gasteiger partial charge in [-0.1, -0.05) is 38.5 Å². The molecule has 7 rings (SSSR count). The molecule has 0 aromatic rings. The van der Waals surface area contributed by atoms with Crippen LogP contribution in [0.2, 0.25) is 0 Å². The first-order valence-electron chi connectivity index (χ1n) is 13.8. The van der Waals surface area contributed by atoms with E-state index in [0.29, 0.717) is 64.8 Å². The fourth-order valence-electron chi connectivity index (χ4n) is 11.4. The molecule has 2 nitrogen and oxygen atoms in total. The van der Waals surface area contributed by atoms with E-state index in [1.165, 1.54) is 89.9 Å². The lowest BCUT2D eigenvalue weighted by Gasteiger charge is -2.58. The Morgan fingerprint density at radius 1 is 0.400 bits per heavy atom. The molecule has 0 aromatic carbocycles. The smallest absolute Gasteiger partial charge is 0.139 e. The summed E-state index contributed by atoms with van der Waals surface area (Å²) in [6, 6.07) is 0. The molecule has 2 heteroatoms. The number of Topliss-reactive ketones (excluding diaryl/α,β-unsaturated/α-hetero) is 2. The summed E-state index contributed by atoms with van der Waals surface area (Å²) < 4.78 is 0. The first-order chi connectivity index (χ1) is 14.8. The van der Waals surface area contributed by atoms with Crippen molar-refractivity contribution in [2.45, 2.75) is 89.9 Å². The molecule has 0 saturated heterocycles. The van der Waals surface area contributed by atoms with E-state index in [9.17, 15) is 9.59 Å². The maximum Gasteiger partial charge on any atom is 0.139 e. The van der Waals surface area contributed by atoms with Gasteiger partial charge >= 0.3 is 0 Å². The van der Waals surface area contributed by atoms with Crippen molar-refractivity contribution in [2.75, 3.05) is 0 Å². The van der Waals surface area contributed by atoms with Crippen molar-refractivity contribution in [2.24, 2.45) is 71.0 Å². The summed E-state index contributed by atoms with van der Waals surface area (Å²) in [5.41, 5.74) is 0. The van der Waals surface area contributed by atoms with Crippen LogP contribution in [0.4, 0.5) is 0 Å². The van der Waals surface area contributed by atoms with Gasteiger partial charge in [0.2, 0.25) is 0 Å². The third kappa shape index (κ3) is 2.38. The van der Waals surface area contributed by atoms with Gasteiger partial charge in [0.1, 0.15) is 11.6 Å². The maximum absolute atomic E-state index is 13.9. The van der Waals surface area contributed by atoms with Gasteiger partial charge in [0, 0.05) is 23.7 Å². The maximum atomic E-state index is 13.9. The van der Waals surface area contributed by atoms with Gasteiger partial charge in [0.05, 0.1) is 0 Å². The largest absolute Gasteiger partial charge is 0.299 e. The van der Waals surface area contributed by atoms with Crippen LogP contribution in [-0.2, 0) is 9.59 Å². The van der Waals surface area contributed by atoms with Gasteiger partial charge in [-0.05, 0) is 98.7 Å². The molecule has 7 fully saturated rings. The summed E-state index contributed by atoms with van der Waals surface area (Å²) in [7, 11) is 0. The van der Waals surface area contributed by atoms with Crippen LogP contribution in [0, 0.1) is 71.0 Å². The van der Waals surface area contributed by atoms with Crippen LogP contribution in [0.5, 0.6) is 0 Å². The molecule has 7 aliphatic carbocycles. The van der Waals surface area contributed by atoms with Crippen LogP contribution in [0.3, 0.4) is 0 Å². The van der Waals surface area contributed by atoms with Crippen molar-refractivity contribution in [3.8, 4) is 0 Å². The zero-order valence-corrected chi connectivity index (χ0v) is 18.6. The summed E-state index contributed by atoms with van der Waals surface area (Å²) in [5.74, 6) is 8.72. The van der Waals surface area contributed by atoms with Gasteiger partial charge in [-0.3, -0.25) is 9.59 Å². The summed E-state index contributed by atoms with van der Waals surface area (Å²) in [6.45, 7) is 0. The Hall–Kier alpha value is -0.660. The number of rotatable bonds is 0. The summed E-state index contributed by atoms with van der Waals surface area (Å²) in [5, 5.41) is 0. The minimum absolute atomic E-state index is 0.373. The average Bonchev–Trinajstić information content (AvgIpc) is 3.27. The lowest BCUT2D eigenvalue weighted by molar-refractivity contribution is -0.140. The molecule has 0 aromatic heterocycles. The first kappa shape index (κ1) is 18.9. The molecule has 30 heavy (non-hydrogen) atoms. The molecule has 164 valence electrons. The highest BCUT2D eigenvalue weighted by molar-refractivity contribution is 5.88. The quantitative estimate of drug-likeness (QED) is 0.487. The van der Waals surface area contributed by atoms with Gasteiger partial charge in [0.25, 0.3) is 0 Å². The van der Waals surface area contributed by atoms with E-state index in [-0.39, 0.29) is 0 Å². The van der Waals surface area contributed by atoms with Gasteiger partial charge in [-0.2, -0.15) is 0 Å².